The van der Waals surface area contributed by atoms with Gasteiger partial charge in [-0.2, -0.15) is 4.31 Å². The molecule has 1 aliphatic rings. The highest BCUT2D eigenvalue weighted by atomic mass is 32.2. The average Bonchev–Trinajstić information content (AvgIpc) is 3.22. The first-order valence-corrected chi connectivity index (χ1v) is 12.6. The molecule has 1 aliphatic carbocycles. The molecule has 3 rings (SSSR count). The molecule has 2 aromatic rings. The number of carbonyl (C=O) groups is 1. The van der Waals surface area contributed by atoms with Crippen LogP contribution >= 0.6 is 11.8 Å². The zero-order chi connectivity index (χ0) is 21.7. The third kappa shape index (κ3) is 5.41. The highest BCUT2D eigenvalue weighted by molar-refractivity contribution is 7.99. The minimum Gasteiger partial charge on any atom is -0.324 e. The summed E-state index contributed by atoms with van der Waals surface area (Å²) in [4.78, 5) is 16.9. The number of carbonyl (C=O) groups excluding carboxylic acids is 1. The Morgan fingerprint density at radius 3 is 2.63 bits per heavy atom. The van der Waals surface area contributed by atoms with Crippen LogP contribution in [0.3, 0.4) is 0 Å². The Labute approximate surface area is 182 Å². The molecule has 1 amide bonds. The van der Waals surface area contributed by atoms with Crippen LogP contribution in [0.5, 0.6) is 0 Å². The molecule has 0 bridgehead atoms. The molecule has 0 spiro atoms. The summed E-state index contributed by atoms with van der Waals surface area (Å²) >= 11 is 1.20. The fourth-order valence-corrected chi connectivity index (χ4v) is 5.65. The second kappa shape index (κ2) is 9.93. The quantitative estimate of drug-likeness (QED) is 0.594. The number of nitrogens with one attached hydrogen (secondary N) is 2. The topological polar surface area (TPSA) is 108 Å². The van der Waals surface area contributed by atoms with Crippen LogP contribution < -0.4 is 5.32 Å². The van der Waals surface area contributed by atoms with Gasteiger partial charge in [0.05, 0.1) is 11.4 Å². The van der Waals surface area contributed by atoms with Gasteiger partial charge < -0.3 is 5.32 Å². The van der Waals surface area contributed by atoms with E-state index in [9.17, 15) is 13.2 Å². The van der Waals surface area contributed by atoms with Gasteiger partial charge in [0.2, 0.25) is 21.1 Å². The van der Waals surface area contributed by atoms with Crippen LogP contribution in [0.15, 0.2) is 34.3 Å². The van der Waals surface area contributed by atoms with Crippen molar-refractivity contribution in [3.8, 4) is 0 Å². The number of para-hydroxylation sites is 1. The van der Waals surface area contributed by atoms with Crippen molar-refractivity contribution in [2.45, 2.75) is 68.0 Å². The zero-order valence-electron chi connectivity index (χ0n) is 17.6. The van der Waals surface area contributed by atoms with Crippen LogP contribution in [0.2, 0.25) is 0 Å². The van der Waals surface area contributed by atoms with Crippen molar-refractivity contribution in [3.05, 3.63) is 30.1 Å². The first-order valence-electron chi connectivity index (χ1n) is 10.2. The lowest BCUT2D eigenvalue weighted by Gasteiger charge is -2.30. The number of anilines is 1. The minimum atomic E-state index is -3.71. The van der Waals surface area contributed by atoms with Crippen molar-refractivity contribution in [1.82, 2.24) is 19.5 Å². The maximum Gasteiger partial charge on any atom is 0.245 e. The molecule has 1 heterocycles. The fourth-order valence-electron chi connectivity index (χ4n) is 3.49. The van der Waals surface area contributed by atoms with E-state index in [1.54, 1.807) is 31.3 Å². The van der Waals surface area contributed by atoms with Gasteiger partial charge in [-0.05, 0) is 25.0 Å². The molecule has 0 aliphatic heterocycles. The standard InChI is InChI=1S/C20H29N5O3S2/c1-14(2)19-22-20(24-23-19)29-13-18(26)21-16-11-7-8-12-17(16)30(27,28)25(3)15-9-5-4-6-10-15/h7-8,11-12,14-15H,4-6,9-10,13H2,1-3H3,(H,21,26)(H,22,23,24). The number of sulfonamides is 1. The molecule has 10 heteroatoms. The Hall–Kier alpha value is -1.91. The van der Waals surface area contributed by atoms with Crippen LogP contribution in [-0.2, 0) is 14.8 Å². The fraction of sp³-hybridized carbons (Fsp3) is 0.550. The number of hydrogen-bond donors (Lipinski definition) is 2. The van der Waals surface area contributed by atoms with Gasteiger partial charge in [-0.1, -0.05) is 57.0 Å². The van der Waals surface area contributed by atoms with Crippen molar-refractivity contribution in [2.24, 2.45) is 0 Å². The van der Waals surface area contributed by atoms with Gasteiger partial charge in [0, 0.05) is 19.0 Å². The molecule has 30 heavy (non-hydrogen) atoms. The Morgan fingerprint density at radius 1 is 1.27 bits per heavy atom. The van der Waals surface area contributed by atoms with Crippen LogP contribution in [0, 0.1) is 0 Å². The Morgan fingerprint density at radius 2 is 1.97 bits per heavy atom. The van der Waals surface area contributed by atoms with Crippen molar-refractivity contribution < 1.29 is 13.2 Å². The van der Waals surface area contributed by atoms with Crippen molar-refractivity contribution >= 4 is 33.4 Å². The van der Waals surface area contributed by atoms with Crippen LogP contribution in [0.1, 0.15) is 57.7 Å². The van der Waals surface area contributed by atoms with Crippen LogP contribution in [0.4, 0.5) is 5.69 Å². The van der Waals surface area contributed by atoms with E-state index in [0.717, 1.165) is 37.9 Å². The van der Waals surface area contributed by atoms with Crippen molar-refractivity contribution in [2.75, 3.05) is 18.1 Å². The first kappa shape index (κ1) is 22.8. The molecule has 2 N–H and O–H groups in total. The Kier molecular flexibility index (Phi) is 7.54. The summed E-state index contributed by atoms with van der Waals surface area (Å²) in [5, 5.41) is 10.2. The summed E-state index contributed by atoms with van der Waals surface area (Å²) in [7, 11) is -2.07. The number of hydrogen-bond acceptors (Lipinski definition) is 6. The molecular weight excluding hydrogens is 422 g/mol. The summed E-state index contributed by atoms with van der Waals surface area (Å²) < 4.78 is 27.9. The number of amides is 1. The SMILES string of the molecule is CC(C)c1nc(SCC(=O)Nc2ccccc2S(=O)(=O)N(C)C2CCCCC2)n[nH]1. The van der Waals surface area contributed by atoms with E-state index in [2.05, 4.69) is 20.5 Å². The Balaban J connectivity index is 1.68. The van der Waals surface area contributed by atoms with E-state index in [0.29, 0.717) is 10.8 Å². The van der Waals surface area contributed by atoms with Crippen LogP contribution in [-0.4, -0.2) is 52.7 Å². The first-order chi connectivity index (χ1) is 14.3. The number of aromatic amines is 1. The lowest BCUT2D eigenvalue weighted by atomic mass is 9.96. The number of H-pyrrole nitrogens is 1. The summed E-state index contributed by atoms with van der Waals surface area (Å²) in [6, 6.07) is 6.55. The third-order valence-corrected chi connectivity index (χ3v) is 8.08. The third-order valence-electron chi connectivity index (χ3n) is 5.27. The largest absolute Gasteiger partial charge is 0.324 e. The molecule has 1 fully saturated rings. The summed E-state index contributed by atoms with van der Waals surface area (Å²) in [6.07, 6.45) is 4.98. The van der Waals surface area contributed by atoms with Gasteiger partial charge in [-0.25, -0.2) is 13.4 Å². The van der Waals surface area contributed by atoms with Crippen molar-refractivity contribution in [1.29, 1.82) is 0 Å². The van der Waals surface area contributed by atoms with E-state index in [-0.39, 0.29) is 28.5 Å². The zero-order valence-corrected chi connectivity index (χ0v) is 19.2. The number of thioether (sulfide) groups is 1. The molecule has 1 aromatic carbocycles. The Bertz CT molecular complexity index is 968. The predicted molar refractivity (Wildman–Crippen MR) is 118 cm³/mol. The van der Waals surface area contributed by atoms with Crippen molar-refractivity contribution in [3.63, 3.8) is 0 Å². The molecular formula is C20H29N5O3S2. The summed E-state index contributed by atoms with van der Waals surface area (Å²) in [6.45, 7) is 4.01. The maximum absolute atomic E-state index is 13.2. The highest BCUT2D eigenvalue weighted by Gasteiger charge is 2.31. The average molecular weight is 452 g/mol. The van der Waals surface area contributed by atoms with Gasteiger partial charge >= 0.3 is 0 Å². The molecule has 0 unspecified atom stereocenters. The molecule has 1 aromatic heterocycles. The maximum atomic E-state index is 13.2. The van der Waals surface area contributed by atoms with Gasteiger partial charge in [0.1, 0.15) is 10.7 Å². The van der Waals surface area contributed by atoms with E-state index in [1.165, 1.54) is 16.1 Å². The summed E-state index contributed by atoms with van der Waals surface area (Å²) in [5.74, 6) is 0.764. The van der Waals surface area contributed by atoms with E-state index < -0.39 is 10.0 Å². The van der Waals surface area contributed by atoms with Gasteiger partial charge in [0.15, 0.2) is 0 Å². The molecule has 1 saturated carbocycles. The molecule has 0 saturated heterocycles. The second-order valence-corrected chi connectivity index (χ2v) is 10.7. The summed E-state index contributed by atoms with van der Waals surface area (Å²) in [5.41, 5.74) is 0.295. The molecule has 0 atom stereocenters. The molecule has 8 nitrogen and oxygen atoms in total. The highest BCUT2D eigenvalue weighted by Crippen LogP contribution is 2.30. The monoisotopic (exact) mass is 451 g/mol. The minimum absolute atomic E-state index is 0.00366. The van der Waals surface area contributed by atoms with Gasteiger partial charge in [-0.15, -0.1) is 5.10 Å². The van der Waals surface area contributed by atoms with Gasteiger partial charge in [-0.3, -0.25) is 9.89 Å². The second-order valence-electron chi connectivity index (χ2n) is 7.80. The normalized spacial score (nSPS) is 15.6. The molecule has 164 valence electrons. The predicted octanol–water partition coefficient (Wildman–Crippen LogP) is 3.61. The number of nitrogens with zero attached hydrogens (tertiary/aromatic N) is 3. The van der Waals surface area contributed by atoms with Crippen LogP contribution in [0.25, 0.3) is 0 Å². The number of benzene rings is 1. The molecule has 0 radical (unpaired) electrons. The van der Waals surface area contributed by atoms with E-state index in [1.807, 2.05) is 13.8 Å². The lowest BCUT2D eigenvalue weighted by Crippen LogP contribution is -2.38. The van der Waals surface area contributed by atoms with Gasteiger partial charge in [0.25, 0.3) is 0 Å². The number of rotatable bonds is 8. The number of aromatic nitrogens is 3. The van der Waals surface area contributed by atoms with E-state index in [4.69, 9.17) is 0 Å². The van der Waals surface area contributed by atoms with E-state index >= 15 is 0 Å². The lowest BCUT2D eigenvalue weighted by molar-refractivity contribution is -0.113. The smallest absolute Gasteiger partial charge is 0.245 e.